The average Bonchev–Trinajstić information content (AvgIpc) is 3.07. The monoisotopic (exact) mass is 345 g/mol. The van der Waals surface area contributed by atoms with Gasteiger partial charge in [0.2, 0.25) is 11.5 Å². The van der Waals surface area contributed by atoms with Crippen LogP contribution in [-0.2, 0) is 4.79 Å². The van der Waals surface area contributed by atoms with Crippen LogP contribution in [-0.4, -0.2) is 34.3 Å². The lowest BCUT2D eigenvalue weighted by Crippen LogP contribution is -2.43. The molecule has 1 unspecified atom stereocenters. The van der Waals surface area contributed by atoms with Crippen molar-refractivity contribution in [3.63, 3.8) is 0 Å². The molecule has 2 N–H and O–H groups in total. The van der Waals surface area contributed by atoms with Crippen molar-refractivity contribution in [1.29, 1.82) is 0 Å². The molecule has 2 amide bonds. The molecule has 3 rings (SSSR count). The lowest BCUT2D eigenvalue weighted by Gasteiger charge is -2.24. The van der Waals surface area contributed by atoms with Crippen molar-refractivity contribution in [1.82, 2.24) is 9.88 Å². The zero-order chi connectivity index (χ0) is 17.1. The molecule has 1 saturated heterocycles. The second-order valence-electron chi connectivity index (χ2n) is 5.59. The minimum Gasteiger partial charge on any atom is -0.328 e. The summed E-state index contributed by atoms with van der Waals surface area (Å²) in [6.45, 7) is 0.511. The fourth-order valence-corrected chi connectivity index (χ4v) is 2.88. The molecule has 1 atom stereocenters. The number of anilines is 1. The number of nitrogens with zero attached hydrogens (tertiary/aromatic N) is 1. The number of hydrogen-bond donors (Lipinski definition) is 2. The van der Waals surface area contributed by atoms with Crippen LogP contribution in [0.25, 0.3) is 0 Å². The molecule has 1 aromatic carbocycles. The number of pyridine rings is 1. The highest BCUT2D eigenvalue weighted by molar-refractivity contribution is 6.30. The summed E-state index contributed by atoms with van der Waals surface area (Å²) in [5, 5.41) is 3.39. The van der Waals surface area contributed by atoms with E-state index in [2.05, 4.69) is 10.3 Å². The fraction of sp³-hybridized carbons (Fsp3) is 0.235. The smallest absolute Gasteiger partial charge is 0.256 e. The maximum absolute atomic E-state index is 12.6. The summed E-state index contributed by atoms with van der Waals surface area (Å²) in [4.78, 5) is 40.2. The molecule has 1 aromatic heterocycles. The van der Waals surface area contributed by atoms with Crippen molar-refractivity contribution in [2.75, 3.05) is 11.9 Å². The van der Waals surface area contributed by atoms with Gasteiger partial charge in [0, 0.05) is 29.5 Å². The summed E-state index contributed by atoms with van der Waals surface area (Å²) in [5.74, 6) is -0.493. The Labute approximate surface area is 143 Å². The van der Waals surface area contributed by atoms with E-state index in [-0.39, 0.29) is 17.4 Å². The molecule has 0 aliphatic carbocycles. The molecule has 0 bridgehead atoms. The number of H-pyrrole nitrogens is 1. The molecule has 0 saturated carbocycles. The Morgan fingerprint density at radius 2 is 1.92 bits per heavy atom. The van der Waals surface area contributed by atoms with Crippen LogP contribution in [0.1, 0.15) is 23.2 Å². The van der Waals surface area contributed by atoms with E-state index in [1.165, 1.54) is 18.3 Å². The van der Waals surface area contributed by atoms with Gasteiger partial charge in [-0.1, -0.05) is 11.6 Å². The van der Waals surface area contributed by atoms with Gasteiger partial charge in [-0.3, -0.25) is 14.4 Å². The van der Waals surface area contributed by atoms with Gasteiger partial charge in [0.15, 0.2) is 0 Å². The Balaban J connectivity index is 1.73. The van der Waals surface area contributed by atoms with Gasteiger partial charge in [0.25, 0.3) is 5.91 Å². The first-order valence-electron chi connectivity index (χ1n) is 7.61. The van der Waals surface area contributed by atoms with E-state index in [0.717, 1.165) is 6.42 Å². The second-order valence-corrected chi connectivity index (χ2v) is 6.03. The fourth-order valence-electron chi connectivity index (χ4n) is 2.75. The summed E-state index contributed by atoms with van der Waals surface area (Å²) in [7, 11) is 0. The Morgan fingerprint density at radius 3 is 2.58 bits per heavy atom. The van der Waals surface area contributed by atoms with Gasteiger partial charge < -0.3 is 15.2 Å². The lowest BCUT2D eigenvalue weighted by atomic mass is 10.1. The van der Waals surface area contributed by atoms with Crippen LogP contribution in [0.4, 0.5) is 5.69 Å². The second kappa shape index (κ2) is 6.88. The van der Waals surface area contributed by atoms with E-state index in [4.69, 9.17) is 11.6 Å². The number of carbonyl (C=O) groups is 2. The molecule has 2 heterocycles. The highest BCUT2D eigenvalue weighted by Gasteiger charge is 2.34. The maximum Gasteiger partial charge on any atom is 0.256 e. The van der Waals surface area contributed by atoms with Crippen LogP contribution in [0.15, 0.2) is 47.4 Å². The van der Waals surface area contributed by atoms with Crippen LogP contribution in [0.5, 0.6) is 0 Å². The number of aromatic nitrogens is 1. The van der Waals surface area contributed by atoms with Gasteiger partial charge in [-0.25, -0.2) is 0 Å². The number of carbonyl (C=O) groups excluding carboxylic acids is 2. The minimum atomic E-state index is -0.528. The van der Waals surface area contributed by atoms with Gasteiger partial charge in [0.05, 0.1) is 5.56 Å². The summed E-state index contributed by atoms with van der Waals surface area (Å²) in [5.41, 5.74) is 0.721. The number of aromatic amines is 1. The van der Waals surface area contributed by atoms with E-state index < -0.39 is 6.04 Å². The standard InChI is InChI=1S/C17H16ClN3O3/c18-12-4-6-13(7-5-12)20-16(23)14-2-1-9-21(14)17(24)11-3-8-15(22)19-10-11/h3-8,10,14H,1-2,9H2,(H,19,22)(H,20,23). The molecular formula is C17H16ClN3O3. The van der Waals surface area contributed by atoms with Crippen molar-refractivity contribution in [2.45, 2.75) is 18.9 Å². The quantitative estimate of drug-likeness (QED) is 0.895. The van der Waals surface area contributed by atoms with Crippen LogP contribution in [0, 0.1) is 0 Å². The predicted octanol–water partition coefficient (Wildman–Crippen LogP) is 2.27. The van der Waals surface area contributed by atoms with E-state index in [1.54, 1.807) is 29.2 Å². The summed E-state index contributed by atoms with van der Waals surface area (Å²) in [6.07, 6.45) is 2.74. The Bertz CT molecular complexity index is 796. The van der Waals surface area contributed by atoms with Gasteiger partial charge in [-0.15, -0.1) is 0 Å². The third-order valence-electron chi connectivity index (χ3n) is 3.96. The molecule has 6 nitrogen and oxygen atoms in total. The van der Waals surface area contributed by atoms with E-state index >= 15 is 0 Å². The van der Waals surface area contributed by atoms with Crippen LogP contribution < -0.4 is 10.9 Å². The summed E-state index contributed by atoms with van der Waals surface area (Å²) in [6, 6.07) is 9.04. The van der Waals surface area contributed by atoms with Crippen LogP contribution >= 0.6 is 11.6 Å². The predicted molar refractivity (Wildman–Crippen MR) is 91.2 cm³/mol. The Kier molecular flexibility index (Phi) is 4.66. The molecule has 24 heavy (non-hydrogen) atoms. The number of nitrogens with one attached hydrogen (secondary N) is 2. The number of rotatable bonds is 3. The molecule has 0 spiro atoms. The Morgan fingerprint density at radius 1 is 1.17 bits per heavy atom. The minimum absolute atomic E-state index is 0.229. The van der Waals surface area contributed by atoms with Gasteiger partial charge in [-0.05, 0) is 43.2 Å². The van der Waals surface area contributed by atoms with Crippen LogP contribution in [0.3, 0.4) is 0 Å². The first-order chi connectivity index (χ1) is 11.5. The molecule has 7 heteroatoms. The topological polar surface area (TPSA) is 82.3 Å². The number of hydrogen-bond acceptors (Lipinski definition) is 3. The van der Waals surface area contributed by atoms with Crippen molar-refractivity contribution >= 4 is 29.1 Å². The third-order valence-corrected chi connectivity index (χ3v) is 4.21. The largest absolute Gasteiger partial charge is 0.328 e. The molecular weight excluding hydrogens is 330 g/mol. The van der Waals surface area contributed by atoms with E-state index in [9.17, 15) is 14.4 Å². The third kappa shape index (κ3) is 3.49. The van der Waals surface area contributed by atoms with Crippen LogP contribution in [0.2, 0.25) is 5.02 Å². The average molecular weight is 346 g/mol. The zero-order valence-corrected chi connectivity index (χ0v) is 13.5. The number of halogens is 1. The number of likely N-dealkylation sites (tertiary alicyclic amines) is 1. The summed E-state index contributed by atoms with van der Waals surface area (Å²) >= 11 is 5.83. The lowest BCUT2D eigenvalue weighted by molar-refractivity contribution is -0.119. The maximum atomic E-state index is 12.6. The highest BCUT2D eigenvalue weighted by Crippen LogP contribution is 2.22. The van der Waals surface area contributed by atoms with Crippen molar-refractivity contribution in [2.24, 2.45) is 0 Å². The summed E-state index contributed by atoms with van der Waals surface area (Å²) < 4.78 is 0. The molecule has 1 fully saturated rings. The zero-order valence-electron chi connectivity index (χ0n) is 12.8. The van der Waals surface area contributed by atoms with Gasteiger partial charge in [0.1, 0.15) is 6.04 Å². The molecule has 124 valence electrons. The number of amides is 2. The first-order valence-corrected chi connectivity index (χ1v) is 7.98. The van der Waals surface area contributed by atoms with Gasteiger partial charge in [-0.2, -0.15) is 0 Å². The van der Waals surface area contributed by atoms with Gasteiger partial charge >= 0.3 is 0 Å². The first kappa shape index (κ1) is 16.3. The highest BCUT2D eigenvalue weighted by atomic mass is 35.5. The van der Waals surface area contributed by atoms with E-state index in [0.29, 0.717) is 29.2 Å². The molecule has 1 aliphatic heterocycles. The normalized spacial score (nSPS) is 16.9. The molecule has 1 aliphatic rings. The van der Waals surface area contributed by atoms with Crippen molar-refractivity contribution < 1.29 is 9.59 Å². The van der Waals surface area contributed by atoms with Crippen molar-refractivity contribution in [3.05, 3.63) is 63.5 Å². The molecule has 2 aromatic rings. The van der Waals surface area contributed by atoms with E-state index in [1.807, 2.05) is 0 Å². The number of benzene rings is 1. The molecule has 0 radical (unpaired) electrons. The Hall–Kier alpha value is -2.60. The SMILES string of the molecule is O=C(Nc1ccc(Cl)cc1)C1CCCN1C(=O)c1ccc(=O)[nH]c1. The van der Waals surface area contributed by atoms with Crippen molar-refractivity contribution in [3.8, 4) is 0 Å².